The molecule has 2 heterocycles. The second-order valence-electron chi connectivity index (χ2n) is 7.66. The van der Waals surface area contributed by atoms with Crippen molar-refractivity contribution in [3.8, 4) is 0 Å². The molecule has 0 radical (unpaired) electrons. The number of rotatable bonds is 2. The van der Waals surface area contributed by atoms with Gasteiger partial charge in [-0.3, -0.25) is 4.68 Å². The number of aryl methyl sites for hydroxylation is 1. The fraction of sp³-hybridized carbons (Fsp3) is 0.765. The fourth-order valence-corrected chi connectivity index (χ4v) is 3.38. The molecule has 1 fully saturated rings. The summed E-state index contributed by atoms with van der Waals surface area (Å²) >= 11 is 0. The Kier molecular flexibility index (Phi) is 4.83. The molecule has 1 aromatic heterocycles. The molecule has 1 saturated heterocycles. The summed E-state index contributed by atoms with van der Waals surface area (Å²) in [6.45, 7) is 12.9. The van der Waals surface area contributed by atoms with Crippen LogP contribution in [0.2, 0.25) is 0 Å². The zero-order chi connectivity index (χ0) is 16.5. The molecule has 0 saturated carbocycles. The Bertz CT molecular complexity index is 506. The normalized spacial score (nSPS) is 26.1. The Hall–Kier alpha value is -1.52. The molecular formula is C17H29N3O2. The van der Waals surface area contributed by atoms with Crippen LogP contribution in [0.1, 0.15) is 53.0 Å². The standard InChI is InChI=1S/C17H29N3O2/c1-12-9-18-19(10-12)11-15-7-13(2)20(14(3)8-15)16(21)22-17(4,5)6/h9-10,13-15H,7-8,11H2,1-6H3/t13-,14+,15?. The number of amides is 1. The lowest BCUT2D eigenvalue weighted by Crippen LogP contribution is -2.51. The highest BCUT2D eigenvalue weighted by atomic mass is 16.6. The number of hydrogen-bond acceptors (Lipinski definition) is 3. The summed E-state index contributed by atoms with van der Waals surface area (Å²) in [7, 11) is 0. The van der Waals surface area contributed by atoms with Crippen LogP contribution in [0.4, 0.5) is 4.79 Å². The molecular weight excluding hydrogens is 278 g/mol. The summed E-state index contributed by atoms with van der Waals surface area (Å²) in [4.78, 5) is 14.3. The van der Waals surface area contributed by atoms with Crippen molar-refractivity contribution < 1.29 is 9.53 Å². The number of aromatic nitrogens is 2. The van der Waals surface area contributed by atoms with E-state index in [4.69, 9.17) is 4.74 Å². The van der Waals surface area contributed by atoms with Gasteiger partial charge in [0, 0.05) is 24.8 Å². The zero-order valence-corrected chi connectivity index (χ0v) is 14.7. The SMILES string of the molecule is Cc1cnn(CC2C[C@@H](C)N(C(=O)OC(C)(C)C)[C@@H](C)C2)c1. The molecule has 1 aliphatic rings. The molecule has 1 aliphatic heterocycles. The van der Waals surface area contributed by atoms with Crippen LogP contribution >= 0.6 is 0 Å². The summed E-state index contributed by atoms with van der Waals surface area (Å²) < 4.78 is 7.56. The second-order valence-corrected chi connectivity index (χ2v) is 7.66. The predicted molar refractivity (Wildman–Crippen MR) is 86.7 cm³/mol. The molecule has 0 spiro atoms. The highest BCUT2D eigenvalue weighted by molar-refractivity contribution is 5.69. The van der Waals surface area contributed by atoms with E-state index in [9.17, 15) is 4.79 Å². The van der Waals surface area contributed by atoms with E-state index in [1.165, 1.54) is 5.56 Å². The molecule has 3 atom stereocenters. The van der Waals surface area contributed by atoms with Gasteiger partial charge in [0.2, 0.25) is 0 Å². The Morgan fingerprint density at radius 2 is 1.91 bits per heavy atom. The van der Waals surface area contributed by atoms with E-state index < -0.39 is 5.60 Å². The fourth-order valence-electron chi connectivity index (χ4n) is 3.38. The quantitative estimate of drug-likeness (QED) is 0.838. The van der Waals surface area contributed by atoms with E-state index in [1.807, 2.05) is 36.5 Å². The van der Waals surface area contributed by atoms with Crippen LogP contribution in [0, 0.1) is 12.8 Å². The Labute approximate surface area is 133 Å². The van der Waals surface area contributed by atoms with Crippen LogP contribution in [-0.4, -0.2) is 38.5 Å². The topological polar surface area (TPSA) is 47.4 Å². The maximum Gasteiger partial charge on any atom is 0.410 e. The summed E-state index contributed by atoms with van der Waals surface area (Å²) in [6, 6.07) is 0.389. The summed E-state index contributed by atoms with van der Waals surface area (Å²) in [5.74, 6) is 0.544. The molecule has 22 heavy (non-hydrogen) atoms. The Balaban J connectivity index is 1.98. The number of carbonyl (C=O) groups excluding carboxylic acids is 1. The van der Waals surface area contributed by atoms with Crippen molar-refractivity contribution in [3.63, 3.8) is 0 Å². The number of ether oxygens (including phenoxy) is 1. The smallest absolute Gasteiger partial charge is 0.410 e. The van der Waals surface area contributed by atoms with Crippen molar-refractivity contribution in [3.05, 3.63) is 18.0 Å². The van der Waals surface area contributed by atoms with Gasteiger partial charge >= 0.3 is 6.09 Å². The van der Waals surface area contributed by atoms with Crippen LogP contribution < -0.4 is 0 Å². The third kappa shape index (κ3) is 4.24. The largest absolute Gasteiger partial charge is 0.444 e. The average molecular weight is 307 g/mol. The average Bonchev–Trinajstić information content (AvgIpc) is 2.71. The van der Waals surface area contributed by atoms with Gasteiger partial charge in [-0.15, -0.1) is 0 Å². The van der Waals surface area contributed by atoms with Crippen molar-refractivity contribution >= 4 is 6.09 Å². The molecule has 0 bridgehead atoms. The number of nitrogens with zero attached hydrogens (tertiary/aromatic N) is 3. The maximum atomic E-state index is 12.4. The van der Waals surface area contributed by atoms with Crippen molar-refractivity contribution in [2.45, 2.75) is 78.6 Å². The van der Waals surface area contributed by atoms with Gasteiger partial charge in [-0.1, -0.05) is 0 Å². The zero-order valence-electron chi connectivity index (χ0n) is 14.7. The van der Waals surface area contributed by atoms with Crippen molar-refractivity contribution in [1.82, 2.24) is 14.7 Å². The first-order valence-corrected chi connectivity index (χ1v) is 8.16. The van der Waals surface area contributed by atoms with Gasteiger partial charge in [0.1, 0.15) is 5.60 Å². The lowest BCUT2D eigenvalue weighted by atomic mass is 9.87. The van der Waals surface area contributed by atoms with Crippen LogP contribution in [-0.2, 0) is 11.3 Å². The van der Waals surface area contributed by atoms with Gasteiger partial charge in [-0.25, -0.2) is 4.79 Å². The lowest BCUT2D eigenvalue weighted by Gasteiger charge is -2.42. The third-order valence-electron chi connectivity index (χ3n) is 4.11. The number of piperidine rings is 1. The molecule has 0 aliphatic carbocycles. The first-order valence-electron chi connectivity index (χ1n) is 8.16. The molecule has 124 valence electrons. The molecule has 1 unspecified atom stereocenters. The minimum atomic E-state index is -0.444. The van der Waals surface area contributed by atoms with Crippen LogP contribution in [0.25, 0.3) is 0 Å². The van der Waals surface area contributed by atoms with Crippen LogP contribution in [0.5, 0.6) is 0 Å². The van der Waals surface area contributed by atoms with E-state index in [1.54, 1.807) is 0 Å². The Morgan fingerprint density at radius 3 is 2.36 bits per heavy atom. The van der Waals surface area contributed by atoms with E-state index in [2.05, 4.69) is 32.1 Å². The molecule has 2 rings (SSSR count). The third-order valence-corrected chi connectivity index (χ3v) is 4.11. The van der Waals surface area contributed by atoms with Gasteiger partial charge in [0.25, 0.3) is 0 Å². The lowest BCUT2D eigenvalue weighted by molar-refractivity contribution is -0.00864. The van der Waals surface area contributed by atoms with E-state index in [0.717, 1.165) is 19.4 Å². The maximum absolute atomic E-state index is 12.4. The molecule has 5 heteroatoms. The molecule has 5 nitrogen and oxygen atoms in total. The minimum Gasteiger partial charge on any atom is -0.444 e. The molecule has 1 amide bonds. The minimum absolute atomic E-state index is 0.194. The molecule has 0 N–H and O–H groups in total. The van der Waals surface area contributed by atoms with E-state index in [0.29, 0.717) is 5.92 Å². The van der Waals surface area contributed by atoms with Gasteiger partial charge in [-0.2, -0.15) is 5.10 Å². The van der Waals surface area contributed by atoms with E-state index >= 15 is 0 Å². The molecule has 1 aromatic rings. The summed E-state index contributed by atoms with van der Waals surface area (Å²) in [5, 5.41) is 4.37. The van der Waals surface area contributed by atoms with Gasteiger partial charge in [-0.05, 0) is 65.9 Å². The van der Waals surface area contributed by atoms with Crippen molar-refractivity contribution in [2.75, 3.05) is 0 Å². The number of hydrogen-bond donors (Lipinski definition) is 0. The van der Waals surface area contributed by atoms with Gasteiger partial charge in [0.15, 0.2) is 0 Å². The van der Waals surface area contributed by atoms with Crippen molar-refractivity contribution in [2.24, 2.45) is 5.92 Å². The molecule has 0 aromatic carbocycles. The van der Waals surface area contributed by atoms with Crippen LogP contribution in [0.3, 0.4) is 0 Å². The first-order chi connectivity index (χ1) is 10.2. The Morgan fingerprint density at radius 1 is 1.32 bits per heavy atom. The summed E-state index contributed by atoms with van der Waals surface area (Å²) in [6.07, 6.45) is 5.75. The van der Waals surface area contributed by atoms with Gasteiger partial charge in [0.05, 0.1) is 6.20 Å². The predicted octanol–water partition coefficient (Wildman–Crippen LogP) is 3.62. The number of likely N-dealkylation sites (tertiary alicyclic amines) is 1. The first kappa shape index (κ1) is 16.8. The van der Waals surface area contributed by atoms with Crippen molar-refractivity contribution in [1.29, 1.82) is 0 Å². The highest BCUT2D eigenvalue weighted by Gasteiger charge is 2.36. The van der Waals surface area contributed by atoms with Crippen LogP contribution in [0.15, 0.2) is 12.4 Å². The monoisotopic (exact) mass is 307 g/mol. The second kappa shape index (κ2) is 6.31. The highest BCUT2D eigenvalue weighted by Crippen LogP contribution is 2.30. The van der Waals surface area contributed by atoms with Gasteiger partial charge < -0.3 is 9.64 Å². The van der Waals surface area contributed by atoms with E-state index in [-0.39, 0.29) is 18.2 Å². The summed E-state index contributed by atoms with van der Waals surface area (Å²) in [5.41, 5.74) is 0.743. The number of carbonyl (C=O) groups is 1.